The summed E-state index contributed by atoms with van der Waals surface area (Å²) in [5.41, 5.74) is 1.32. The van der Waals surface area contributed by atoms with E-state index in [0.717, 1.165) is 0 Å². The van der Waals surface area contributed by atoms with Crippen molar-refractivity contribution in [1.82, 2.24) is 0 Å². The number of ether oxygens (including phenoxy) is 2. The molecule has 8 heteroatoms. The molecule has 2 N–H and O–H groups in total. The van der Waals surface area contributed by atoms with Gasteiger partial charge in [0.05, 0.1) is 30.8 Å². The summed E-state index contributed by atoms with van der Waals surface area (Å²) in [5.74, 6) is -1.45. The van der Waals surface area contributed by atoms with E-state index >= 15 is 0 Å². The standard InChI is InChI=1S/C24H22FNO6/c1-3-31-21-16-10-7-14(25)12-17(16)22(32-4-2)20-19(21)23(29)26(24(20)30)15-8-5-13(6-9-15)11-18(27)28/h5-10,12,24,30H,3-4,11H2,1-2H3,(H,27,28). The monoisotopic (exact) mass is 439 g/mol. The number of benzene rings is 3. The molecule has 1 heterocycles. The quantitative estimate of drug-likeness (QED) is 0.577. The van der Waals surface area contributed by atoms with Gasteiger partial charge in [0.15, 0.2) is 6.23 Å². The van der Waals surface area contributed by atoms with E-state index < -0.39 is 23.9 Å². The Morgan fingerprint density at radius 1 is 1.03 bits per heavy atom. The number of halogens is 1. The Hall–Kier alpha value is -3.65. The molecule has 32 heavy (non-hydrogen) atoms. The first kappa shape index (κ1) is 21.6. The lowest BCUT2D eigenvalue weighted by molar-refractivity contribution is -0.136. The number of hydrogen-bond donors (Lipinski definition) is 2. The van der Waals surface area contributed by atoms with Crippen LogP contribution < -0.4 is 14.4 Å². The molecule has 1 unspecified atom stereocenters. The molecular formula is C24H22FNO6. The van der Waals surface area contributed by atoms with Crippen molar-refractivity contribution >= 4 is 28.3 Å². The maximum absolute atomic E-state index is 14.1. The predicted octanol–water partition coefficient (Wildman–Crippen LogP) is 4.05. The number of carbonyl (C=O) groups excluding carboxylic acids is 1. The summed E-state index contributed by atoms with van der Waals surface area (Å²) >= 11 is 0. The third-order valence-electron chi connectivity index (χ3n) is 5.29. The number of carboxylic acids is 1. The van der Waals surface area contributed by atoms with Crippen molar-refractivity contribution in [3.05, 3.63) is 65.0 Å². The highest BCUT2D eigenvalue weighted by atomic mass is 19.1. The molecule has 0 saturated carbocycles. The molecule has 0 radical (unpaired) electrons. The maximum Gasteiger partial charge on any atom is 0.307 e. The lowest BCUT2D eigenvalue weighted by atomic mass is 9.98. The Morgan fingerprint density at radius 2 is 1.69 bits per heavy atom. The molecule has 0 aliphatic carbocycles. The van der Waals surface area contributed by atoms with E-state index in [-0.39, 0.29) is 42.3 Å². The van der Waals surface area contributed by atoms with Gasteiger partial charge in [-0.15, -0.1) is 0 Å². The van der Waals surface area contributed by atoms with Crippen molar-refractivity contribution in [3.8, 4) is 11.5 Å². The van der Waals surface area contributed by atoms with Crippen molar-refractivity contribution in [3.63, 3.8) is 0 Å². The van der Waals surface area contributed by atoms with Crippen LogP contribution in [0.2, 0.25) is 0 Å². The lowest BCUT2D eigenvalue weighted by Gasteiger charge is -2.22. The van der Waals surface area contributed by atoms with Crippen LogP contribution in [-0.4, -0.2) is 35.3 Å². The van der Waals surface area contributed by atoms with Gasteiger partial charge in [-0.2, -0.15) is 0 Å². The van der Waals surface area contributed by atoms with Crippen LogP contribution in [-0.2, 0) is 11.2 Å². The molecule has 1 atom stereocenters. The van der Waals surface area contributed by atoms with Crippen LogP contribution in [0, 0.1) is 5.82 Å². The van der Waals surface area contributed by atoms with Gasteiger partial charge in [-0.05, 0) is 49.7 Å². The molecule has 0 fully saturated rings. The minimum atomic E-state index is -1.39. The van der Waals surface area contributed by atoms with E-state index in [1.807, 2.05) is 0 Å². The molecule has 7 nitrogen and oxygen atoms in total. The summed E-state index contributed by atoms with van der Waals surface area (Å²) in [7, 11) is 0. The van der Waals surface area contributed by atoms with Gasteiger partial charge >= 0.3 is 5.97 Å². The minimum absolute atomic E-state index is 0.156. The number of nitrogens with zero attached hydrogens (tertiary/aromatic N) is 1. The van der Waals surface area contributed by atoms with Gasteiger partial charge in [-0.1, -0.05) is 12.1 Å². The number of aliphatic carboxylic acids is 1. The van der Waals surface area contributed by atoms with Gasteiger partial charge in [0.2, 0.25) is 0 Å². The second kappa shape index (κ2) is 8.47. The highest BCUT2D eigenvalue weighted by molar-refractivity contribution is 6.17. The van der Waals surface area contributed by atoms with Crippen molar-refractivity contribution in [2.24, 2.45) is 0 Å². The van der Waals surface area contributed by atoms with Crippen LogP contribution >= 0.6 is 0 Å². The molecule has 3 aromatic rings. The number of aliphatic hydroxyl groups is 1. The summed E-state index contributed by atoms with van der Waals surface area (Å²) in [5, 5.41) is 21.1. The zero-order chi connectivity index (χ0) is 23.0. The van der Waals surface area contributed by atoms with Gasteiger partial charge in [0.1, 0.15) is 17.3 Å². The number of anilines is 1. The van der Waals surface area contributed by atoms with Crippen LogP contribution in [0.25, 0.3) is 10.8 Å². The predicted molar refractivity (Wildman–Crippen MR) is 116 cm³/mol. The number of fused-ring (bicyclic) bond motifs is 2. The van der Waals surface area contributed by atoms with E-state index in [1.165, 1.54) is 23.1 Å². The Morgan fingerprint density at radius 3 is 2.31 bits per heavy atom. The number of amides is 1. The van der Waals surface area contributed by atoms with E-state index in [2.05, 4.69) is 0 Å². The summed E-state index contributed by atoms with van der Waals surface area (Å²) < 4.78 is 25.7. The van der Waals surface area contributed by atoms with Crippen molar-refractivity contribution in [2.45, 2.75) is 26.5 Å². The zero-order valence-corrected chi connectivity index (χ0v) is 17.6. The SMILES string of the molecule is CCOc1c2c(c(OCC)c3cc(F)ccc13)C(O)N(c1ccc(CC(=O)O)cc1)C2=O. The Labute approximate surface area is 183 Å². The normalized spacial score (nSPS) is 15.2. The fourth-order valence-electron chi connectivity index (χ4n) is 4.04. The van der Waals surface area contributed by atoms with Crippen molar-refractivity contribution in [1.29, 1.82) is 0 Å². The Kier molecular flexibility index (Phi) is 5.71. The Bertz CT molecular complexity index is 1210. The van der Waals surface area contributed by atoms with E-state index in [4.69, 9.17) is 14.6 Å². The highest BCUT2D eigenvalue weighted by Crippen LogP contribution is 2.50. The molecule has 1 aliphatic rings. The Balaban J connectivity index is 1.91. The number of rotatable bonds is 7. The molecular weight excluding hydrogens is 417 g/mol. The third kappa shape index (κ3) is 3.52. The molecule has 0 bridgehead atoms. The van der Waals surface area contributed by atoms with Gasteiger partial charge in [0.25, 0.3) is 5.91 Å². The summed E-state index contributed by atoms with van der Waals surface area (Å²) in [6.45, 7) is 4.04. The van der Waals surface area contributed by atoms with Crippen LogP contribution in [0.15, 0.2) is 42.5 Å². The largest absolute Gasteiger partial charge is 0.493 e. The smallest absolute Gasteiger partial charge is 0.307 e. The first-order chi connectivity index (χ1) is 15.4. The summed E-state index contributed by atoms with van der Waals surface area (Å²) in [6, 6.07) is 10.4. The second-order valence-electron chi connectivity index (χ2n) is 7.29. The highest BCUT2D eigenvalue weighted by Gasteiger charge is 2.43. The maximum atomic E-state index is 14.1. The van der Waals surface area contributed by atoms with E-state index in [0.29, 0.717) is 22.0 Å². The molecule has 3 aromatic carbocycles. The summed E-state index contributed by atoms with van der Waals surface area (Å²) in [4.78, 5) is 25.6. The van der Waals surface area contributed by atoms with Gasteiger partial charge in [-0.3, -0.25) is 14.5 Å². The topological polar surface area (TPSA) is 96.3 Å². The molecule has 1 amide bonds. The first-order valence-electron chi connectivity index (χ1n) is 10.2. The van der Waals surface area contributed by atoms with E-state index in [9.17, 15) is 19.1 Å². The second-order valence-corrected chi connectivity index (χ2v) is 7.29. The van der Waals surface area contributed by atoms with Crippen LogP contribution in [0.3, 0.4) is 0 Å². The number of carboxylic acid groups (broad SMARTS) is 1. The molecule has 0 aromatic heterocycles. The van der Waals surface area contributed by atoms with Crippen molar-refractivity contribution < 1.29 is 33.7 Å². The van der Waals surface area contributed by atoms with Gasteiger partial charge in [-0.25, -0.2) is 4.39 Å². The number of carbonyl (C=O) groups is 2. The fourth-order valence-corrected chi connectivity index (χ4v) is 4.04. The molecule has 4 rings (SSSR count). The average molecular weight is 439 g/mol. The third-order valence-corrected chi connectivity index (χ3v) is 5.29. The number of aliphatic hydroxyl groups excluding tert-OH is 1. The first-order valence-corrected chi connectivity index (χ1v) is 10.2. The van der Waals surface area contributed by atoms with Gasteiger partial charge < -0.3 is 19.7 Å². The molecule has 0 spiro atoms. The van der Waals surface area contributed by atoms with Crippen LogP contribution in [0.5, 0.6) is 11.5 Å². The number of hydrogen-bond acceptors (Lipinski definition) is 5. The average Bonchev–Trinajstić information content (AvgIpc) is 3.01. The molecule has 166 valence electrons. The fraction of sp³-hybridized carbons (Fsp3) is 0.250. The van der Waals surface area contributed by atoms with Crippen molar-refractivity contribution in [2.75, 3.05) is 18.1 Å². The lowest BCUT2D eigenvalue weighted by Crippen LogP contribution is -2.27. The zero-order valence-electron chi connectivity index (χ0n) is 17.6. The van der Waals surface area contributed by atoms with E-state index in [1.54, 1.807) is 38.1 Å². The minimum Gasteiger partial charge on any atom is -0.493 e. The summed E-state index contributed by atoms with van der Waals surface area (Å²) in [6.07, 6.45) is -1.55. The molecule has 1 aliphatic heterocycles. The molecule has 0 saturated heterocycles. The van der Waals surface area contributed by atoms with Crippen LogP contribution in [0.4, 0.5) is 10.1 Å². The van der Waals surface area contributed by atoms with Gasteiger partial charge in [0, 0.05) is 16.5 Å². The van der Waals surface area contributed by atoms with Crippen LogP contribution in [0.1, 0.15) is 41.6 Å².